The summed E-state index contributed by atoms with van der Waals surface area (Å²) in [7, 11) is 0. The quantitative estimate of drug-likeness (QED) is 0.417. The Morgan fingerprint density at radius 3 is 2.23 bits per heavy atom. The fourth-order valence-corrected chi connectivity index (χ4v) is 3.35. The molecule has 2 heterocycles. The van der Waals surface area contributed by atoms with Crippen molar-refractivity contribution >= 4 is 17.3 Å². The monoisotopic (exact) mass is 420 g/mol. The Labute approximate surface area is 176 Å². The van der Waals surface area contributed by atoms with Gasteiger partial charge in [0.15, 0.2) is 0 Å². The van der Waals surface area contributed by atoms with Gasteiger partial charge in [-0.25, -0.2) is 13.8 Å². The second-order valence-corrected chi connectivity index (χ2v) is 6.83. The van der Waals surface area contributed by atoms with Crippen LogP contribution in [0.5, 0.6) is 0 Å². The molecule has 4 aromatic rings. The number of oxazole rings is 1. The molecule has 5 rings (SSSR count). The van der Waals surface area contributed by atoms with Crippen LogP contribution in [-0.4, -0.2) is 10.9 Å². The molecule has 3 aromatic carbocycles. The van der Waals surface area contributed by atoms with E-state index < -0.39 is 5.82 Å². The highest BCUT2D eigenvalue weighted by Gasteiger charge is 2.28. The van der Waals surface area contributed by atoms with Crippen molar-refractivity contribution in [3.63, 3.8) is 0 Å². The summed E-state index contributed by atoms with van der Waals surface area (Å²) < 4.78 is 31.6. The molecular formula is C23H18F2N4O2. The number of nitrogens with two attached hydrogens (primary N) is 2. The van der Waals surface area contributed by atoms with E-state index >= 15 is 0 Å². The number of carbonyl (C=O) groups is 1. The van der Waals surface area contributed by atoms with E-state index in [2.05, 4.69) is 10.3 Å². The Morgan fingerprint density at radius 2 is 1.58 bits per heavy atom. The number of anilines is 2. The van der Waals surface area contributed by atoms with Crippen LogP contribution in [0.2, 0.25) is 0 Å². The normalized spacial score (nSPS) is 12.0. The molecule has 0 aliphatic carbocycles. The number of halogens is 2. The number of nitrogen functional groups attached to an aromatic ring is 2. The number of aromatic nitrogens is 1. The minimum absolute atomic E-state index is 0.217. The third-order valence-electron chi connectivity index (χ3n) is 4.78. The minimum Gasteiger partial charge on any atom is -0.445 e. The summed E-state index contributed by atoms with van der Waals surface area (Å²) in [5.41, 5.74) is 14.7. The molecule has 1 aliphatic rings. The first-order valence-electron chi connectivity index (χ1n) is 9.34. The molecule has 0 unspecified atom stereocenters. The highest BCUT2D eigenvalue weighted by atomic mass is 19.1. The Balaban J connectivity index is 0.000000245. The molecule has 156 valence electrons. The molecule has 0 spiro atoms. The van der Waals surface area contributed by atoms with Crippen molar-refractivity contribution < 1.29 is 18.0 Å². The van der Waals surface area contributed by atoms with Gasteiger partial charge in [0, 0.05) is 23.5 Å². The molecule has 0 radical (unpaired) electrons. The van der Waals surface area contributed by atoms with Crippen LogP contribution in [0, 0.1) is 11.6 Å². The lowest BCUT2D eigenvalue weighted by atomic mass is 9.93. The predicted molar refractivity (Wildman–Crippen MR) is 114 cm³/mol. The Bertz CT molecular complexity index is 1220. The lowest BCUT2D eigenvalue weighted by Gasteiger charge is -2.11. The average Bonchev–Trinajstić information content (AvgIpc) is 3.41. The summed E-state index contributed by atoms with van der Waals surface area (Å²) in [5.74, 6) is -0.525. The summed E-state index contributed by atoms with van der Waals surface area (Å²) >= 11 is 0. The van der Waals surface area contributed by atoms with E-state index in [0.717, 1.165) is 5.56 Å². The van der Waals surface area contributed by atoms with Crippen LogP contribution in [0.3, 0.4) is 0 Å². The van der Waals surface area contributed by atoms with Crippen molar-refractivity contribution in [1.82, 2.24) is 10.3 Å². The van der Waals surface area contributed by atoms with Crippen LogP contribution in [0.4, 0.5) is 20.2 Å². The van der Waals surface area contributed by atoms with Crippen molar-refractivity contribution in [1.29, 1.82) is 0 Å². The Hall–Kier alpha value is -4.20. The molecule has 0 atom stereocenters. The molecule has 0 fully saturated rings. The van der Waals surface area contributed by atoms with Crippen LogP contribution in [-0.2, 0) is 6.54 Å². The molecule has 6 nitrogen and oxygen atoms in total. The van der Waals surface area contributed by atoms with E-state index in [-0.39, 0.29) is 11.7 Å². The molecule has 5 N–H and O–H groups in total. The second kappa shape index (κ2) is 8.27. The van der Waals surface area contributed by atoms with Crippen LogP contribution in [0.15, 0.2) is 71.5 Å². The number of carbonyl (C=O) groups excluding carboxylic acids is 1. The van der Waals surface area contributed by atoms with E-state index in [1.165, 1.54) is 42.8 Å². The fourth-order valence-electron chi connectivity index (χ4n) is 3.35. The SMILES string of the molecule is Nc1ccc(-c2ccc(-c3ncco3)c3c2CNC3=O)c(F)c1.Nc1ccc(F)cc1. The van der Waals surface area contributed by atoms with Crippen molar-refractivity contribution in [2.75, 3.05) is 11.5 Å². The highest BCUT2D eigenvalue weighted by molar-refractivity contribution is 6.05. The maximum atomic E-state index is 14.3. The Morgan fingerprint density at radius 1 is 0.903 bits per heavy atom. The summed E-state index contributed by atoms with van der Waals surface area (Å²) in [5, 5.41) is 2.77. The second-order valence-electron chi connectivity index (χ2n) is 6.83. The van der Waals surface area contributed by atoms with Crippen molar-refractivity contribution in [2.24, 2.45) is 0 Å². The smallest absolute Gasteiger partial charge is 0.252 e. The van der Waals surface area contributed by atoms with E-state index in [4.69, 9.17) is 15.9 Å². The number of nitrogens with zero attached hydrogens (tertiary/aromatic N) is 1. The van der Waals surface area contributed by atoms with Crippen molar-refractivity contribution in [3.8, 4) is 22.6 Å². The highest BCUT2D eigenvalue weighted by Crippen LogP contribution is 2.36. The van der Waals surface area contributed by atoms with Gasteiger partial charge in [-0.2, -0.15) is 0 Å². The maximum absolute atomic E-state index is 14.3. The first-order chi connectivity index (χ1) is 14.9. The van der Waals surface area contributed by atoms with Gasteiger partial charge in [0.25, 0.3) is 5.91 Å². The van der Waals surface area contributed by atoms with Gasteiger partial charge >= 0.3 is 0 Å². The number of nitrogens with one attached hydrogen (secondary N) is 1. The van der Waals surface area contributed by atoms with E-state index in [1.54, 1.807) is 24.3 Å². The van der Waals surface area contributed by atoms with E-state index in [1.807, 2.05) is 0 Å². The summed E-state index contributed by atoms with van der Waals surface area (Å²) in [4.78, 5) is 16.3. The maximum Gasteiger partial charge on any atom is 0.252 e. The van der Waals surface area contributed by atoms with Crippen LogP contribution in [0.1, 0.15) is 15.9 Å². The predicted octanol–water partition coefficient (Wildman–Crippen LogP) is 4.38. The number of fused-ring (bicyclic) bond motifs is 1. The first-order valence-corrected chi connectivity index (χ1v) is 9.34. The van der Waals surface area contributed by atoms with Crippen LogP contribution < -0.4 is 16.8 Å². The minimum atomic E-state index is -0.421. The van der Waals surface area contributed by atoms with Gasteiger partial charge in [0.05, 0.1) is 17.3 Å². The average molecular weight is 420 g/mol. The molecule has 1 aliphatic heterocycles. The third-order valence-corrected chi connectivity index (χ3v) is 4.78. The van der Waals surface area contributed by atoms with Gasteiger partial charge in [0.1, 0.15) is 17.9 Å². The molecule has 0 saturated carbocycles. The topological polar surface area (TPSA) is 107 Å². The molecule has 1 aromatic heterocycles. The molecule has 31 heavy (non-hydrogen) atoms. The molecule has 0 bridgehead atoms. The summed E-state index contributed by atoms with van der Waals surface area (Å²) in [6.07, 6.45) is 2.96. The van der Waals surface area contributed by atoms with Gasteiger partial charge in [-0.05, 0) is 59.7 Å². The largest absolute Gasteiger partial charge is 0.445 e. The number of benzene rings is 3. The zero-order chi connectivity index (χ0) is 22.0. The van der Waals surface area contributed by atoms with Crippen molar-refractivity contribution in [3.05, 3.63) is 89.8 Å². The lowest BCUT2D eigenvalue weighted by Crippen LogP contribution is -2.13. The Kier molecular flexibility index (Phi) is 5.36. The molecule has 1 amide bonds. The standard InChI is InChI=1S/C17H12FN3O2.C6H6FN/c18-14-7-9(19)1-2-11(14)10-3-4-12(17-20-5-6-23-17)15-13(10)8-21-16(15)22;7-5-1-3-6(8)4-2-5/h1-7H,8,19H2,(H,21,22);1-4H,8H2. The van der Waals surface area contributed by atoms with Gasteiger partial charge in [0.2, 0.25) is 5.89 Å². The van der Waals surface area contributed by atoms with Gasteiger partial charge in [-0.15, -0.1) is 0 Å². The number of hydrogen-bond donors (Lipinski definition) is 3. The van der Waals surface area contributed by atoms with Crippen molar-refractivity contribution in [2.45, 2.75) is 6.54 Å². The van der Waals surface area contributed by atoms with Gasteiger partial charge < -0.3 is 21.2 Å². The lowest BCUT2D eigenvalue weighted by molar-refractivity contribution is 0.0966. The first kappa shape index (κ1) is 20.1. The third kappa shape index (κ3) is 4.09. The zero-order valence-electron chi connectivity index (χ0n) is 16.2. The number of amides is 1. The molecular weight excluding hydrogens is 402 g/mol. The fraction of sp³-hybridized carbons (Fsp3) is 0.0435. The summed E-state index contributed by atoms with van der Waals surface area (Å²) in [6, 6.07) is 13.7. The number of hydrogen-bond acceptors (Lipinski definition) is 5. The van der Waals surface area contributed by atoms with Crippen LogP contribution in [0.25, 0.3) is 22.6 Å². The van der Waals surface area contributed by atoms with Gasteiger partial charge in [-0.3, -0.25) is 4.79 Å². The van der Waals surface area contributed by atoms with Gasteiger partial charge in [-0.1, -0.05) is 6.07 Å². The molecule has 8 heteroatoms. The van der Waals surface area contributed by atoms with E-state index in [0.29, 0.717) is 46.1 Å². The number of rotatable bonds is 2. The van der Waals surface area contributed by atoms with E-state index in [9.17, 15) is 13.6 Å². The summed E-state index contributed by atoms with van der Waals surface area (Å²) in [6.45, 7) is 0.335. The van der Waals surface area contributed by atoms with Crippen LogP contribution >= 0.6 is 0 Å². The zero-order valence-corrected chi connectivity index (χ0v) is 16.2. The molecule has 0 saturated heterocycles.